The van der Waals surface area contributed by atoms with Crippen molar-refractivity contribution in [2.24, 2.45) is 10.7 Å². The molecule has 2 aromatic rings. The van der Waals surface area contributed by atoms with E-state index < -0.39 is 0 Å². The standard InChI is InChI=1S/C18H25N5/c1-4-23(5-2)17-11-8-15(12-20-17)13-21-18(19)22-16-9-6-14(3)7-10-16/h6-12H,4-5,13H2,1-3H3,(H3,19,21,22). The van der Waals surface area contributed by atoms with Gasteiger partial charge in [0, 0.05) is 25.0 Å². The molecule has 1 heterocycles. The highest BCUT2D eigenvalue weighted by atomic mass is 15.2. The zero-order valence-corrected chi connectivity index (χ0v) is 14.1. The molecule has 0 aliphatic carbocycles. The molecule has 0 amide bonds. The van der Waals surface area contributed by atoms with E-state index in [9.17, 15) is 0 Å². The number of nitrogens with zero attached hydrogens (tertiary/aromatic N) is 3. The molecule has 5 heteroatoms. The number of rotatable bonds is 6. The molecule has 0 unspecified atom stereocenters. The second-order valence-electron chi connectivity index (χ2n) is 5.39. The van der Waals surface area contributed by atoms with Crippen molar-refractivity contribution in [3.63, 3.8) is 0 Å². The number of anilines is 2. The second kappa shape index (κ2) is 8.17. The largest absolute Gasteiger partial charge is 0.370 e. The monoisotopic (exact) mass is 311 g/mol. The topological polar surface area (TPSA) is 66.5 Å². The summed E-state index contributed by atoms with van der Waals surface area (Å²) in [4.78, 5) is 11.1. The quantitative estimate of drug-likeness (QED) is 0.635. The lowest BCUT2D eigenvalue weighted by Gasteiger charge is -2.19. The van der Waals surface area contributed by atoms with Gasteiger partial charge in [-0.15, -0.1) is 0 Å². The van der Waals surface area contributed by atoms with Crippen LogP contribution in [-0.2, 0) is 6.54 Å². The van der Waals surface area contributed by atoms with Gasteiger partial charge >= 0.3 is 0 Å². The molecule has 1 aromatic carbocycles. The Bertz CT molecular complexity index is 627. The summed E-state index contributed by atoms with van der Waals surface area (Å²) in [5, 5.41) is 3.09. The molecule has 0 spiro atoms. The van der Waals surface area contributed by atoms with Crippen LogP contribution >= 0.6 is 0 Å². The number of benzene rings is 1. The van der Waals surface area contributed by atoms with Crippen molar-refractivity contribution in [2.75, 3.05) is 23.3 Å². The van der Waals surface area contributed by atoms with E-state index in [1.54, 1.807) is 0 Å². The van der Waals surface area contributed by atoms with Crippen molar-refractivity contribution in [1.29, 1.82) is 0 Å². The molecule has 0 radical (unpaired) electrons. The van der Waals surface area contributed by atoms with Crippen LogP contribution in [0.3, 0.4) is 0 Å². The Kier molecular flexibility index (Phi) is 5.97. The zero-order valence-electron chi connectivity index (χ0n) is 14.1. The van der Waals surface area contributed by atoms with Gasteiger partial charge < -0.3 is 16.0 Å². The van der Waals surface area contributed by atoms with Gasteiger partial charge in [0.1, 0.15) is 5.82 Å². The van der Waals surface area contributed by atoms with Crippen LogP contribution in [0.5, 0.6) is 0 Å². The second-order valence-corrected chi connectivity index (χ2v) is 5.39. The normalized spacial score (nSPS) is 11.3. The lowest BCUT2D eigenvalue weighted by atomic mass is 10.2. The van der Waals surface area contributed by atoms with E-state index in [1.807, 2.05) is 42.6 Å². The molecule has 0 atom stereocenters. The molecule has 0 aliphatic heterocycles. The van der Waals surface area contributed by atoms with E-state index >= 15 is 0 Å². The summed E-state index contributed by atoms with van der Waals surface area (Å²) >= 11 is 0. The molecular weight excluding hydrogens is 286 g/mol. The van der Waals surface area contributed by atoms with Crippen LogP contribution in [0.25, 0.3) is 0 Å². The van der Waals surface area contributed by atoms with Crippen LogP contribution in [0.15, 0.2) is 47.6 Å². The maximum Gasteiger partial charge on any atom is 0.193 e. The summed E-state index contributed by atoms with van der Waals surface area (Å²) in [6, 6.07) is 12.1. The van der Waals surface area contributed by atoms with Gasteiger partial charge in [0.05, 0.1) is 6.54 Å². The summed E-state index contributed by atoms with van der Waals surface area (Å²) < 4.78 is 0. The number of nitrogens with one attached hydrogen (secondary N) is 1. The smallest absolute Gasteiger partial charge is 0.193 e. The third kappa shape index (κ3) is 4.98. The van der Waals surface area contributed by atoms with Crippen molar-refractivity contribution in [2.45, 2.75) is 27.3 Å². The summed E-state index contributed by atoms with van der Waals surface area (Å²) in [7, 11) is 0. The van der Waals surface area contributed by atoms with Crippen LogP contribution in [0.1, 0.15) is 25.0 Å². The number of nitrogens with two attached hydrogens (primary N) is 1. The number of hydrogen-bond acceptors (Lipinski definition) is 3. The van der Waals surface area contributed by atoms with Crippen molar-refractivity contribution in [3.05, 3.63) is 53.7 Å². The minimum atomic E-state index is 0.404. The first-order valence-electron chi connectivity index (χ1n) is 7.95. The molecule has 0 fully saturated rings. The van der Waals surface area contributed by atoms with Gasteiger partial charge in [0.2, 0.25) is 0 Å². The van der Waals surface area contributed by atoms with Crippen LogP contribution in [0.2, 0.25) is 0 Å². The summed E-state index contributed by atoms with van der Waals surface area (Å²) in [6.07, 6.45) is 1.86. The number of hydrogen-bond donors (Lipinski definition) is 2. The highest BCUT2D eigenvalue weighted by Crippen LogP contribution is 2.12. The first kappa shape index (κ1) is 16.8. The van der Waals surface area contributed by atoms with Crippen molar-refractivity contribution < 1.29 is 0 Å². The lowest BCUT2D eigenvalue weighted by molar-refractivity contribution is 0.843. The van der Waals surface area contributed by atoms with Crippen molar-refractivity contribution in [3.8, 4) is 0 Å². The van der Waals surface area contributed by atoms with E-state index in [2.05, 4.69) is 41.0 Å². The van der Waals surface area contributed by atoms with Gasteiger partial charge in [-0.3, -0.25) is 0 Å². The third-order valence-corrected chi connectivity index (χ3v) is 3.65. The van der Waals surface area contributed by atoms with Gasteiger partial charge in [0.25, 0.3) is 0 Å². The first-order chi connectivity index (χ1) is 11.1. The van der Waals surface area contributed by atoms with Gasteiger partial charge in [-0.2, -0.15) is 0 Å². The fraction of sp³-hybridized carbons (Fsp3) is 0.333. The Morgan fingerprint density at radius 2 is 1.83 bits per heavy atom. The molecule has 0 saturated carbocycles. The summed E-state index contributed by atoms with van der Waals surface area (Å²) in [6.45, 7) is 8.72. The molecule has 23 heavy (non-hydrogen) atoms. The predicted molar refractivity (Wildman–Crippen MR) is 97.9 cm³/mol. The highest BCUT2D eigenvalue weighted by Gasteiger charge is 2.03. The minimum Gasteiger partial charge on any atom is -0.370 e. The summed E-state index contributed by atoms with van der Waals surface area (Å²) in [5.41, 5.74) is 9.11. The maximum absolute atomic E-state index is 5.92. The lowest BCUT2D eigenvalue weighted by Crippen LogP contribution is -2.23. The molecule has 122 valence electrons. The SMILES string of the molecule is CCN(CC)c1ccc(CN=C(N)Nc2ccc(C)cc2)cn1. The number of aliphatic imine (C=N–C) groups is 1. The molecule has 0 aliphatic rings. The maximum atomic E-state index is 5.92. The molecule has 0 saturated heterocycles. The van der Waals surface area contributed by atoms with E-state index in [-0.39, 0.29) is 0 Å². The van der Waals surface area contributed by atoms with Crippen LogP contribution in [-0.4, -0.2) is 24.0 Å². The highest BCUT2D eigenvalue weighted by molar-refractivity contribution is 5.92. The Hall–Kier alpha value is -2.56. The average Bonchev–Trinajstić information content (AvgIpc) is 2.57. The molecule has 3 N–H and O–H groups in total. The molecule has 5 nitrogen and oxygen atoms in total. The minimum absolute atomic E-state index is 0.404. The number of aromatic nitrogens is 1. The Labute approximate surface area is 138 Å². The van der Waals surface area contributed by atoms with Gasteiger partial charge in [-0.05, 0) is 44.5 Å². The van der Waals surface area contributed by atoms with E-state index in [4.69, 9.17) is 5.73 Å². The van der Waals surface area contributed by atoms with E-state index in [0.717, 1.165) is 30.2 Å². The third-order valence-electron chi connectivity index (χ3n) is 3.65. The number of guanidine groups is 1. The van der Waals surface area contributed by atoms with E-state index in [1.165, 1.54) is 5.56 Å². The molecule has 1 aromatic heterocycles. The predicted octanol–water partition coefficient (Wildman–Crippen LogP) is 3.16. The van der Waals surface area contributed by atoms with Crippen molar-refractivity contribution >= 4 is 17.5 Å². The zero-order chi connectivity index (χ0) is 16.7. The first-order valence-corrected chi connectivity index (χ1v) is 7.95. The fourth-order valence-corrected chi connectivity index (χ4v) is 2.25. The molecule has 2 rings (SSSR count). The van der Waals surface area contributed by atoms with Gasteiger partial charge in [-0.1, -0.05) is 23.8 Å². The van der Waals surface area contributed by atoms with Crippen LogP contribution in [0.4, 0.5) is 11.5 Å². The van der Waals surface area contributed by atoms with Crippen LogP contribution in [0, 0.1) is 6.92 Å². The Morgan fingerprint density at radius 1 is 1.13 bits per heavy atom. The molecule has 0 bridgehead atoms. The number of pyridine rings is 1. The number of aryl methyl sites for hydroxylation is 1. The van der Waals surface area contributed by atoms with Gasteiger partial charge in [-0.25, -0.2) is 9.98 Å². The van der Waals surface area contributed by atoms with Crippen LogP contribution < -0.4 is 16.0 Å². The van der Waals surface area contributed by atoms with E-state index in [0.29, 0.717) is 12.5 Å². The molecular formula is C18H25N5. The van der Waals surface area contributed by atoms with Gasteiger partial charge in [0.15, 0.2) is 5.96 Å². The Balaban J connectivity index is 1.94. The average molecular weight is 311 g/mol. The summed E-state index contributed by atoms with van der Waals surface area (Å²) in [5.74, 6) is 1.40. The Morgan fingerprint density at radius 3 is 2.39 bits per heavy atom. The van der Waals surface area contributed by atoms with Crippen molar-refractivity contribution in [1.82, 2.24) is 4.98 Å². The fourth-order valence-electron chi connectivity index (χ4n) is 2.25.